The van der Waals surface area contributed by atoms with Gasteiger partial charge in [0.05, 0.1) is 24.1 Å². The molecule has 1 unspecified atom stereocenters. The molecule has 0 bridgehead atoms. The fourth-order valence-corrected chi connectivity index (χ4v) is 4.52. The monoisotopic (exact) mass is 475 g/mol. The molecule has 0 saturated heterocycles. The zero-order valence-electron chi connectivity index (χ0n) is 16.9. The van der Waals surface area contributed by atoms with Crippen molar-refractivity contribution in [1.82, 2.24) is 0 Å². The summed E-state index contributed by atoms with van der Waals surface area (Å²) in [5.41, 5.74) is 2.95. The lowest BCUT2D eigenvalue weighted by atomic mass is 9.98. The van der Waals surface area contributed by atoms with E-state index in [1.165, 1.54) is 0 Å². The first kappa shape index (κ1) is 19.6. The van der Waals surface area contributed by atoms with E-state index in [1.54, 1.807) is 30.2 Å². The molecule has 0 N–H and O–H groups in total. The van der Waals surface area contributed by atoms with Crippen LogP contribution in [0, 0.1) is 6.92 Å². The highest BCUT2D eigenvalue weighted by Crippen LogP contribution is 2.42. The number of methoxy groups -OCH3 is 1. The lowest BCUT2D eigenvalue weighted by molar-refractivity contribution is 0.0971. The quantitative estimate of drug-likeness (QED) is 0.385. The summed E-state index contributed by atoms with van der Waals surface area (Å²) in [7, 11) is 1.57. The molecule has 2 heterocycles. The van der Waals surface area contributed by atoms with Crippen LogP contribution in [0.4, 0.5) is 5.69 Å². The van der Waals surface area contributed by atoms with Gasteiger partial charge in [-0.3, -0.25) is 14.5 Å². The Morgan fingerprint density at radius 1 is 1.00 bits per heavy atom. The van der Waals surface area contributed by atoms with Gasteiger partial charge in [-0.15, -0.1) is 0 Å². The van der Waals surface area contributed by atoms with Gasteiger partial charge in [0.2, 0.25) is 5.76 Å². The summed E-state index contributed by atoms with van der Waals surface area (Å²) in [6.07, 6.45) is 0. The van der Waals surface area contributed by atoms with Crippen LogP contribution >= 0.6 is 15.9 Å². The summed E-state index contributed by atoms with van der Waals surface area (Å²) in [5, 5.41) is 0.471. The zero-order valence-corrected chi connectivity index (χ0v) is 18.5. The van der Waals surface area contributed by atoms with Crippen LogP contribution in [0.3, 0.4) is 0 Å². The van der Waals surface area contributed by atoms with Gasteiger partial charge in [0.15, 0.2) is 5.43 Å². The van der Waals surface area contributed by atoms with Gasteiger partial charge in [0, 0.05) is 16.2 Å². The van der Waals surface area contributed by atoms with E-state index in [4.69, 9.17) is 9.15 Å². The van der Waals surface area contributed by atoms with E-state index in [9.17, 15) is 9.59 Å². The standard InChI is InChI=1S/C25H18BrNO4/c1-14-9-10-20-19(11-14)23(28)21-22(15-5-3-6-16(26)12-15)27(25(29)24(21)31-20)17-7-4-8-18(13-17)30-2/h3-13,22H,1-2H3. The second kappa shape index (κ2) is 7.39. The van der Waals surface area contributed by atoms with Crippen LogP contribution < -0.4 is 15.1 Å². The number of ether oxygens (including phenoxy) is 1. The molecule has 3 aromatic carbocycles. The molecule has 1 atom stereocenters. The largest absolute Gasteiger partial charge is 0.497 e. The molecule has 4 aromatic rings. The van der Waals surface area contributed by atoms with E-state index < -0.39 is 6.04 Å². The molecule has 1 aliphatic heterocycles. The van der Waals surface area contributed by atoms with Gasteiger partial charge in [0.25, 0.3) is 5.91 Å². The number of halogens is 1. The van der Waals surface area contributed by atoms with Crippen LogP contribution in [-0.4, -0.2) is 13.0 Å². The maximum absolute atomic E-state index is 13.6. The molecule has 1 aromatic heterocycles. The fourth-order valence-electron chi connectivity index (χ4n) is 4.11. The van der Waals surface area contributed by atoms with Crippen LogP contribution in [0.25, 0.3) is 11.0 Å². The molecule has 0 spiro atoms. The number of benzene rings is 3. The Hall–Kier alpha value is -3.38. The molecule has 31 heavy (non-hydrogen) atoms. The van der Waals surface area contributed by atoms with Gasteiger partial charge in [0.1, 0.15) is 11.3 Å². The van der Waals surface area contributed by atoms with Gasteiger partial charge in [-0.05, 0) is 48.9 Å². The van der Waals surface area contributed by atoms with E-state index in [1.807, 2.05) is 55.5 Å². The summed E-state index contributed by atoms with van der Waals surface area (Å²) in [4.78, 5) is 28.8. The second-order valence-corrected chi connectivity index (χ2v) is 8.42. The third-order valence-corrected chi connectivity index (χ3v) is 6.01. The first-order valence-electron chi connectivity index (χ1n) is 9.78. The highest BCUT2D eigenvalue weighted by Gasteiger charge is 2.43. The maximum atomic E-state index is 13.6. The van der Waals surface area contributed by atoms with Crippen LogP contribution in [0.15, 0.2) is 80.4 Å². The van der Waals surface area contributed by atoms with Crippen LogP contribution in [-0.2, 0) is 0 Å². The maximum Gasteiger partial charge on any atom is 0.295 e. The molecule has 0 saturated carbocycles. The SMILES string of the molecule is COc1cccc(N2C(=O)c3oc4ccc(C)cc4c(=O)c3C2c2cccc(Br)c2)c1. The molecule has 0 aliphatic carbocycles. The van der Waals surface area contributed by atoms with Gasteiger partial charge < -0.3 is 9.15 Å². The Labute approximate surface area is 187 Å². The number of carbonyl (C=O) groups excluding carboxylic acids is 1. The number of hydrogen-bond acceptors (Lipinski definition) is 4. The number of fused-ring (bicyclic) bond motifs is 2. The molecular weight excluding hydrogens is 458 g/mol. The summed E-state index contributed by atoms with van der Waals surface area (Å²) < 4.78 is 12.2. The Balaban J connectivity index is 1.82. The number of aryl methyl sites for hydroxylation is 1. The van der Waals surface area contributed by atoms with Crippen molar-refractivity contribution in [2.45, 2.75) is 13.0 Å². The third-order valence-electron chi connectivity index (χ3n) is 5.52. The van der Waals surface area contributed by atoms with Crippen LogP contribution in [0.2, 0.25) is 0 Å². The minimum Gasteiger partial charge on any atom is -0.497 e. The fraction of sp³-hybridized carbons (Fsp3) is 0.120. The average Bonchev–Trinajstić information content (AvgIpc) is 3.07. The number of hydrogen-bond donors (Lipinski definition) is 0. The van der Waals surface area contributed by atoms with E-state index in [0.29, 0.717) is 28.0 Å². The molecule has 5 rings (SSSR count). The van der Waals surface area contributed by atoms with Crippen molar-refractivity contribution in [1.29, 1.82) is 0 Å². The Bertz CT molecular complexity index is 1410. The van der Waals surface area contributed by atoms with Crippen molar-refractivity contribution in [3.05, 3.63) is 104 Å². The first-order chi connectivity index (χ1) is 15.0. The number of carbonyl (C=O) groups is 1. The summed E-state index contributed by atoms with van der Waals surface area (Å²) in [5.74, 6) is 0.344. The zero-order chi connectivity index (χ0) is 21.7. The van der Waals surface area contributed by atoms with Crippen molar-refractivity contribution < 1.29 is 13.9 Å². The average molecular weight is 476 g/mol. The molecule has 6 heteroatoms. The smallest absolute Gasteiger partial charge is 0.295 e. The van der Waals surface area contributed by atoms with Gasteiger partial charge in [-0.1, -0.05) is 45.8 Å². The highest BCUT2D eigenvalue weighted by molar-refractivity contribution is 9.10. The second-order valence-electron chi connectivity index (χ2n) is 7.51. The predicted molar refractivity (Wildman–Crippen MR) is 123 cm³/mol. The lowest BCUT2D eigenvalue weighted by Gasteiger charge is -2.25. The van der Waals surface area contributed by atoms with E-state index in [-0.39, 0.29) is 17.1 Å². The van der Waals surface area contributed by atoms with Crippen LogP contribution in [0.1, 0.15) is 33.3 Å². The Kier molecular flexibility index (Phi) is 4.67. The lowest BCUT2D eigenvalue weighted by Crippen LogP contribution is -2.29. The molecule has 0 fully saturated rings. The van der Waals surface area contributed by atoms with Gasteiger partial charge in [-0.25, -0.2) is 0 Å². The van der Waals surface area contributed by atoms with Gasteiger partial charge >= 0.3 is 0 Å². The van der Waals surface area contributed by atoms with Crippen molar-refractivity contribution in [2.75, 3.05) is 12.0 Å². The molecular formula is C25H18BrNO4. The number of rotatable bonds is 3. The molecule has 5 nitrogen and oxygen atoms in total. The van der Waals surface area contributed by atoms with Crippen molar-refractivity contribution in [2.24, 2.45) is 0 Å². The highest BCUT2D eigenvalue weighted by atomic mass is 79.9. The number of anilines is 1. The van der Waals surface area contributed by atoms with Gasteiger partial charge in [-0.2, -0.15) is 0 Å². The topological polar surface area (TPSA) is 59.8 Å². The molecule has 0 radical (unpaired) electrons. The minimum absolute atomic E-state index is 0.0779. The summed E-state index contributed by atoms with van der Waals surface area (Å²) in [6, 6.07) is 19.6. The molecule has 1 amide bonds. The summed E-state index contributed by atoms with van der Waals surface area (Å²) >= 11 is 3.51. The van der Waals surface area contributed by atoms with E-state index >= 15 is 0 Å². The number of nitrogens with zero attached hydrogens (tertiary/aromatic N) is 1. The summed E-state index contributed by atoms with van der Waals surface area (Å²) in [6.45, 7) is 1.92. The van der Waals surface area contributed by atoms with E-state index in [0.717, 1.165) is 15.6 Å². The molecule has 154 valence electrons. The first-order valence-corrected chi connectivity index (χ1v) is 10.6. The Morgan fingerprint density at radius 3 is 2.58 bits per heavy atom. The third kappa shape index (κ3) is 3.15. The Morgan fingerprint density at radius 2 is 1.81 bits per heavy atom. The van der Waals surface area contributed by atoms with Crippen LogP contribution in [0.5, 0.6) is 5.75 Å². The minimum atomic E-state index is -0.617. The normalized spacial score (nSPS) is 15.4. The number of amides is 1. The predicted octanol–water partition coefficient (Wildman–Crippen LogP) is 5.62. The van der Waals surface area contributed by atoms with Crippen molar-refractivity contribution >= 4 is 38.5 Å². The van der Waals surface area contributed by atoms with E-state index in [2.05, 4.69) is 15.9 Å². The van der Waals surface area contributed by atoms with Crippen molar-refractivity contribution in [3.63, 3.8) is 0 Å². The molecule has 1 aliphatic rings. The van der Waals surface area contributed by atoms with Crippen molar-refractivity contribution in [3.8, 4) is 5.75 Å².